The SMILES string of the molecule is CNCc1c(C)nn(C)c1Oc1cccc(CO)c1. The Morgan fingerprint density at radius 1 is 1.42 bits per heavy atom. The summed E-state index contributed by atoms with van der Waals surface area (Å²) >= 11 is 0. The number of aliphatic hydroxyl groups excluding tert-OH is 1. The summed E-state index contributed by atoms with van der Waals surface area (Å²) in [7, 11) is 3.75. The van der Waals surface area contributed by atoms with E-state index in [1.165, 1.54) is 0 Å². The molecule has 0 aliphatic rings. The number of benzene rings is 1. The lowest BCUT2D eigenvalue weighted by Crippen LogP contribution is -2.07. The Morgan fingerprint density at radius 3 is 2.89 bits per heavy atom. The van der Waals surface area contributed by atoms with Gasteiger partial charge in [-0.15, -0.1) is 0 Å². The highest BCUT2D eigenvalue weighted by molar-refractivity contribution is 5.37. The molecule has 0 fully saturated rings. The van der Waals surface area contributed by atoms with Gasteiger partial charge in [-0.2, -0.15) is 5.10 Å². The average Bonchev–Trinajstić information content (AvgIpc) is 2.66. The van der Waals surface area contributed by atoms with Gasteiger partial charge in [-0.25, -0.2) is 4.68 Å². The molecule has 0 spiro atoms. The fourth-order valence-electron chi connectivity index (χ4n) is 2.01. The lowest BCUT2D eigenvalue weighted by molar-refractivity contribution is 0.281. The lowest BCUT2D eigenvalue weighted by atomic mass is 10.2. The second-order valence-corrected chi connectivity index (χ2v) is 4.43. The standard InChI is InChI=1S/C14H19N3O2/c1-10-13(8-15-2)14(17(3)16-10)19-12-6-4-5-11(7-12)9-18/h4-7,15,18H,8-9H2,1-3H3. The van der Waals surface area contributed by atoms with Crippen molar-refractivity contribution in [3.05, 3.63) is 41.1 Å². The van der Waals surface area contributed by atoms with Crippen LogP contribution in [0.5, 0.6) is 11.6 Å². The first kappa shape index (κ1) is 13.6. The molecular weight excluding hydrogens is 242 g/mol. The van der Waals surface area contributed by atoms with Gasteiger partial charge < -0.3 is 15.2 Å². The highest BCUT2D eigenvalue weighted by Crippen LogP contribution is 2.27. The Kier molecular flexibility index (Phi) is 4.19. The van der Waals surface area contributed by atoms with Crippen molar-refractivity contribution in [2.24, 2.45) is 7.05 Å². The molecule has 102 valence electrons. The molecule has 1 aromatic heterocycles. The topological polar surface area (TPSA) is 59.3 Å². The van der Waals surface area contributed by atoms with Crippen LogP contribution >= 0.6 is 0 Å². The minimum Gasteiger partial charge on any atom is -0.439 e. The minimum atomic E-state index is 0.00495. The predicted molar refractivity (Wildman–Crippen MR) is 73.1 cm³/mol. The first-order valence-corrected chi connectivity index (χ1v) is 6.20. The zero-order chi connectivity index (χ0) is 13.8. The van der Waals surface area contributed by atoms with Crippen LogP contribution in [0.4, 0.5) is 0 Å². The molecule has 19 heavy (non-hydrogen) atoms. The van der Waals surface area contributed by atoms with Gasteiger partial charge in [-0.1, -0.05) is 12.1 Å². The second-order valence-electron chi connectivity index (χ2n) is 4.43. The van der Waals surface area contributed by atoms with Crippen LogP contribution in [0.15, 0.2) is 24.3 Å². The zero-order valence-electron chi connectivity index (χ0n) is 11.5. The van der Waals surface area contributed by atoms with Crippen molar-refractivity contribution < 1.29 is 9.84 Å². The van der Waals surface area contributed by atoms with Gasteiger partial charge in [0.25, 0.3) is 0 Å². The van der Waals surface area contributed by atoms with Crippen LogP contribution in [0, 0.1) is 6.92 Å². The summed E-state index contributed by atoms with van der Waals surface area (Å²) in [6.45, 7) is 2.67. The molecule has 2 N–H and O–H groups in total. The molecule has 2 aromatic rings. The number of nitrogens with one attached hydrogen (secondary N) is 1. The van der Waals surface area contributed by atoms with E-state index in [0.29, 0.717) is 12.3 Å². The van der Waals surface area contributed by atoms with Gasteiger partial charge in [-0.3, -0.25) is 0 Å². The molecule has 1 heterocycles. The summed E-state index contributed by atoms with van der Waals surface area (Å²) in [5.41, 5.74) is 2.82. The number of ether oxygens (including phenoxy) is 1. The summed E-state index contributed by atoms with van der Waals surface area (Å²) in [4.78, 5) is 0. The Hall–Kier alpha value is -1.85. The summed E-state index contributed by atoms with van der Waals surface area (Å²) in [5.74, 6) is 1.42. The fourth-order valence-corrected chi connectivity index (χ4v) is 2.01. The third-order valence-corrected chi connectivity index (χ3v) is 2.94. The highest BCUT2D eigenvalue weighted by atomic mass is 16.5. The molecule has 0 saturated carbocycles. The van der Waals surface area contributed by atoms with E-state index in [0.717, 1.165) is 22.7 Å². The molecule has 0 aliphatic carbocycles. The van der Waals surface area contributed by atoms with E-state index in [1.54, 1.807) is 4.68 Å². The minimum absolute atomic E-state index is 0.00495. The molecule has 0 aliphatic heterocycles. The number of aryl methyl sites for hydroxylation is 2. The fraction of sp³-hybridized carbons (Fsp3) is 0.357. The predicted octanol–water partition coefficient (Wildman–Crippen LogP) is 1.73. The van der Waals surface area contributed by atoms with E-state index in [2.05, 4.69) is 10.4 Å². The molecule has 0 radical (unpaired) electrons. The van der Waals surface area contributed by atoms with Gasteiger partial charge in [0.1, 0.15) is 5.75 Å². The largest absolute Gasteiger partial charge is 0.439 e. The number of hydrogen-bond donors (Lipinski definition) is 2. The Balaban J connectivity index is 2.31. The van der Waals surface area contributed by atoms with Crippen LogP contribution in [-0.4, -0.2) is 21.9 Å². The molecule has 0 bridgehead atoms. The Labute approximate surface area is 112 Å². The molecule has 0 atom stereocenters. The van der Waals surface area contributed by atoms with Gasteiger partial charge >= 0.3 is 0 Å². The third kappa shape index (κ3) is 2.94. The van der Waals surface area contributed by atoms with Crippen LogP contribution in [0.25, 0.3) is 0 Å². The van der Waals surface area contributed by atoms with Crippen LogP contribution in [0.2, 0.25) is 0 Å². The Morgan fingerprint density at radius 2 is 2.21 bits per heavy atom. The number of rotatable bonds is 5. The van der Waals surface area contributed by atoms with Gasteiger partial charge in [0.05, 0.1) is 17.9 Å². The normalized spacial score (nSPS) is 10.7. The number of aliphatic hydroxyl groups is 1. The maximum atomic E-state index is 9.14. The van der Waals surface area contributed by atoms with Gasteiger partial charge in [-0.05, 0) is 31.7 Å². The van der Waals surface area contributed by atoms with Crippen LogP contribution in [-0.2, 0) is 20.2 Å². The molecule has 5 heteroatoms. The summed E-state index contributed by atoms with van der Waals surface area (Å²) in [6.07, 6.45) is 0. The average molecular weight is 261 g/mol. The summed E-state index contributed by atoms with van der Waals surface area (Å²) < 4.78 is 7.64. The monoisotopic (exact) mass is 261 g/mol. The van der Waals surface area contributed by atoms with Gasteiger partial charge in [0, 0.05) is 13.6 Å². The van der Waals surface area contributed by atoms with Crippen LogP contribution < -0.4 is 10.1 Å². The first-order chi connectivity index (χ1) is 9.15. The van der Waals surface area contributed by atoms with E-state index in [1.807, 2.05) is 45.3 Å². The quantitative estimate of drug-likeness (QED) is 0.860. The van der Waals surface area contributed by atoms with Crippen molar-refractivity contribution in [2.75, 3.05) is 7.05 Å². The van der Waals surface area contributed by atoms with Gasteiger partial charge in [0.2, 0.25) is 5.88 Å². The van der Waals surface area contributed by atoms with Crippen molar-refractivity contribution in [3.63, 3.8) is 0 Å². The van der Waals surface area contributed by atoms with E-state index in [4.69, 9.17) is 9.84 Å². The van der Waals surface area contributed by atoms with E-state index in [-0.39, 0.29) is 6.61 Å². The van der Waals surface area contributed by atoms with Crippen molar-refractivity contribution in [1.29, 1.82) is 0 Å². The molecule has 0 unspecified atom stereocenters. The van der Waals surface area contributed by atoms with Gasteiger partial charge in [0.15, 0.2) is 0 Å². The Bertz CT molecular complexity index is 564. The summed E-state index contributed by atoms with van der Waals surface area (Å²) in [5, 5.41) is 16.6. The zero-order valence-corrected chi connectivity index (χ0v) is 11.5. The van der Waals surface area contributed by atoms with E-state index < -0.39 is 0 Å². The van der Waals surface area contributed by atoms with Crippen molar-refractivity contribution in [1.82, 2.24) is 15.1 Å². The van der Waals surface area contributed by atoms with E-state index in [9.17, 15) is 0 Å². The van der Waals surface area contributed by atoms with Crippen molar-refractivity contribution in [2.45, 2.75) is 20.1 Å². The maximum absolute atomic E-state index is 9.14. The third-order valence-electron chi connectivity index (χ3n) is 2.94. The number of aromatic nitrogens is 2. The van der Waals surface area contributed by atoms with E-state index >= 15 is 0 Å². The molecule has 1 aromatic carbocycles. The van der Waals surface area contributed by atoms with Crippen molar-refractivity contribution >= 4 is 0 Å². The maximum Gasteiger partial charge on any atom is 0.222 e. The highest BCUT2D eigenvalue weighted by Gasteiger charge is 2.14. The number of nitrogens with zero attached hydrogens (tertiary/aromatic N) is 2. The lowest BCUT2D eigenvalue weighted by Gasteiger charge is -2.09. The first-order valence-electron chi connectivity index (χ1n) is 6.20. The number of hydrogen-bond acceptors (Lipinski definition) is 4. The summed E-state index contributed by atoms with van der Waals surface area (Å²) in [6, 6.07) is 7.41. The smallest absolute Gasteiger partial charge is 0.222 e. The molecule has 0 amide bonds. The second kappa shape index (κ2) is 5.86. The molecule has 2 rings (SSSR count). The molecule has 5 nitrogen and oxygen atoms in total. The molecule has 0 saturated heterocycles. The van der Waals surface area contributed by atoms with Crippen molar-refractivity contribution in [3.8, 4) is 11.6 Å². The van der Waals surface area contributed by atoms with Crippen LogP contribution in [0.3, 0.4) is 0 Å². The molecular formula is C14H19N3O2. The van der Waals surface area contributed by atoms with Crippen LogP contribution in [0.1, 0.15) is 16.8 Å².